The lowest BCUT2D eigenvalue weighted by Crippen LogP contribution is -2.13. The molecule has 5 nitrogen and oxygen atoms in total. The molecule has 0 aliphatic carbocycles. The van der Waals surface area contributed by atoms with Crippen molar-refractivity contribution in [2.24, 2.45) is 5.16 Å². The van der Waals surface area contributed by atoms with Crippen LogP contribution in [0.25, 0.3) is 0 Å². The van der Waals surface area contributed by atoms with Gasteiger partial charge in [0.05, 0.1) is 0 Å². The van der Waals surface area contributed by atoms with E-state index in [0.29, 0.717) is 5.82 Å². The molecule has 0 unspecified atom stereocenters. The van der Waals surface area contributed by atoms with E-state index < -0.39 is 0 Å². The van der Waals surface area contributed by atoms with E-state index in [2.05, 4.69) is 15.3 Å². The van der Waals surface area contributed by atoms with Gasteiger partial charge in [-0.1, -0.05) is 42.7 Å². The van der Waals surface area contributed by atoms with Gasteiger partial charge >= 0.3 is 0 Å². The van der Waals surface area contributed by atoms with Gasteiger partial charge in [-0.15, -0.1) is 0 Å². The van der Waals surface area contributed by atoms with Gasteiger partial charge in [0.15, 0.2) is 5.82 Å². The topological polar surface area (TPSA) is 71.5 Å². The minimum Gasteiger partial charge on any atom is -0.409 e. The molecule has 72 valence electrons. The van der Waals surface area contributed by atoms with Crippen LogP contribution in [0.5, 0.6) is 0 Å². The molecular weight excluding hydrogens is 194 g/mol. The molecule has 0 amide bonds. The zero-order valence-corrected chi connectivity index (χ0v) is 8.33. The molecule has 1 aromatic heterocycles. The second-order valence-electron chi connectivity index (χ2n) is 3.56. The van der Waals surface area contributed by atoms with E-state index in [1.807, 2.05) is 20.8 Å². The molecule has 1 aromatic rings. The van der Waals surface area contributed by atoms with Crippen LogP contribution in [0, 0.1) is 0 Å². The van der Waals surface area contributed by atoms with Crippen molar-refractivity contribution < 1.29 is 9.73 Å². The molecule has 0 bridgehead atoms. The van der Waals surface area contributed by atoms with Crippen molar-refractivity contribution in [3.8, 4) is 0 Å². The van der Waals surface area contributed by atoms with E-state index in [4.69, 9.17) is 21.3 Å². The van der Waals surface area contributed by atoms with Crippen LogP contribution in [-0.4, -0.2) is 20.5 Å². The van der Waals surface area contributed by atoms with Crippen LogP contribution < -0.4 is 0 Å². The van der Waals surface area contributed by atoms with Gasteiger partial charge in [-0.2, -0.15) is 4.98 Å². The summed E-state index contributed by atoms with van der Waals surface area (Å²) in [4.78, 5) is 3.95. The predicted molar refractivity (Wildman–Crippen MR) is 47.2 cm³/mol. The molecule has 0 aromatic carbocycles. The predicted octanol–water partition coefficient (Wildman–Crippen LogP) is 1.74. The molecule has 0 aliphatic rings. The van der Waals surface area contributed by atoms with Crippen molar-refractivity contribution in [1.82, 2.24) is 10.1 Å². The number of nitrogens with zero attached hydrogens (tertiary/aromatic N) is 3. The maximum atomic E-state index is 8.33. The normalized spacial score (nSPS) is 13.4. The third-order valence-corrected chi connectivity index (χ3v) is 1.60. The van der Waals surface area contributed by atoms with Gasteiger partial charge in [-0.25, -0.2) is 0 Å². The highest BCUT2D eigenvalue weighted by Gasteiger charge is 2.22. The maximum Gasteiger partial charge on any atom is 0.291 e. The summed E-state index contributed by atoms with van der Waals surface area (Å²) in [6.45, 7) is 5.81. The summed E-state index contributed by atoms with van der Waals surface area (Å²) in [5.41, 5.74) is -0.214. The van der Waals surface area contributed by atoms with Gasteiger partial charge < -0.3 is 9.73 Å². The van der Waals surface area contributed by atoms with E-state index in [-0.39, 0.29) is 16.5 Å². The highest BCUT2D eigenvalue weighted by Crippen LogP contribution is 2.18. The highest BCUT2D eigenvalue weighted by atomic mass is 35.5. The summed E-state index contributed by atoms with van der Waals surface area (Å²) in [5.74, 6) is 0.540. The van der Waals surface area contributed by atoms with Crippen LogP contribution in [0.4, 0.5) is 0 Å². The summed E-state index contributed by atoms with van der Waals surface area (Å²) in [6.07, 6.45) is 0. The molecule has 1 rings (SSSR count). The summed E-state index contributed by atoms with van der Waals surface area (Å²) < 4.78 is 4.76. The van der Waals surface area contributed by atoms with Crippen LogP contribution in [0.15, 0.2) is 9.68 Å². The molecule has 0 spiro atoms. The first kappa shape index (κ1) is 9.98. The Morgan fingerprint density at radius 2 is 2.15 bits per heavy atom. The smallest absolute Gasteiger partial charge is 0.291 e. The number of hydrogen-bond acceptors (Lipinski definition) is 5. The molecule has 6 heteroatoms. The van der Waals surface area contributed by atoms with Crippen molar-refractivity contribution in [2.75, 3.05) is 0 Å². The Labute approximate surface area is 80.4 Å². The summed E-state index contributed by atoms with van der Waals surface area (Å²) in [6, 6.07) is 0. The van der Waals surface area contributed by atoms with Crippen molar-refractivity contribution >= 4 is 16.8 Å². The van der Waals surface area contributed by atoms with Crippen molar-refractivity contribution in [3.63, 3.8) is 0 Å². The summed E-state index contributed by atoms with van der Waals surface area (Å²) in [7, 11) is 0. The van der Waals surface area contributed by atoms with Gasteiger partial charge in [-0.05, 0) is 0 Å². The van der Waals surface area contributed by atoms with Gasteiger partial charge in [0.2, 0.25) is 5.17 Å². The molecule has 0 fully saturated rings. The summed E-state index contributed by atoms with van der Waals surface area (Å²) in [5, 5.41) is 14.6. The molecule has 1 N–H and O–H groups in total. The van der Waals surface area contributed by atoms with Gasteiger partial charge in [0, 0.05) is 5.41 Å². The highest BCUT2D eigenvalue weighted by molar-refractivity contribution is 6.68. The average Bonchev–Trinajstić information content (AvgIpc) is 2.50. The van der Waals surface area contributed by atoms with Crippen molar-refractivity contribution in [2.45, 2.75) is 26.2 Å². The quantitative estimate of drug-likeness (QED) is 0.429. The molecule has 0 radical (unpaired) electrons. The Morgan fingerprint density at radius 3 is 2.54 bits per heavy atom. The van der Waals surface area contributed by atoms with Crippen molar-refractivity contribution in [1.29, 1.82) is 0 Å². The molecule has 0 saturated heterocycles. The van der Waals surface area contributed by atoms with E-state index >= 15 is 0 Å². The molecule has 0 atom stereocenters. The number of hydrogen-bond donors (Lipinski definition) is 1. The lowest BCUT2D eigenvalue weighted by Gasteiger charge is -2.10. The van der Waals surface area contributed by atoms with E-state index in [1.165, 1.54) is 0 Å². The second kappa shape index (κ2) is 3.33. The summed E-state index contributed by atoms with van der Waals surface area (Å²) >= 11 is 5.46. The van der Waals surface area contributed by atoms with E-state index in [0.717, 1.165) is 0 Å². The Kier molecular flexibility index (Phi) is 2.56. The second-order valence-corrected chi connectivity index (χ2v) is 3.92. The van der Waals surface area contributed by atoms with Crippen LogP contribution in [0.1, 0.15) is 32.5 Å². The first-order valence-corrected chi connectivity index (χ1v) is 4.05. The SMILES string of the molecule is CC(C)(C)c1noc(/C(Cl)=N/O)n1. The third kappa shape index (κ3) is 2.18. The third-order valence-electron chi connectivity index (χ3n) is 1.36. The fourth-order valence-corrected chi connectivity index (χ4v) is 0.731. The Morgan fingerprint density at radius 1 is 1.54 bits per heavy atom. The minimum absolute atomic E-state index is 0.0223. The minimum atomic E-state index is -0.214. The van der Waals surface area contributed by atoms with Crippen LogP contribution >= 0.6 is 11.6 Å². The fraction of sp³-hybridized carbons (Fsp3) is 0.571. The fourth-order valence-electron chi connectivity index (χ4n) is 0.655. The Balaban J connectivity index is 3.00. The molecule has 1 heterocycles. The number of halogens is 1. The van der Waals surface area contributed by atoms with Crippen molar-refractivity contribution in [3.05, 3.63) is 11.7 Å². The molecular formula is C7H10ClN3O2. The van der Waals surface area contributed by atoms with Crippen LogP contribution in [0.3, 0.4) is 0 Å². The van der Waals surface area contributed by atoms with Gasteiger partial charge in [0.1, 0.15) is 0 Å². The Hall–Kier alpha value is -1.10. The first-order chi connectivity index (χ1) is 5.95. The molecule has 0 saturated carbocycles. The van der Waals surface area contributed by atoms with E-state index in [1.54, 1.807) is 0 Å². The zero-order valence-electron chi connectivity index (χ0n) is 7.58. The lowest BCUT2D eigenvalue weighted by molar-refractivity contribution is 0.317. The first-order valence-electron chi connectivity index (χ1n) is 3.67. The van der Waals surface area contributed by atoms with Gasteiger partial charge in [0.25, 0.3) is 5.89 Å². The van der Waals surface area contributed by atoms with E-state index in [9.17, 15) is 0 Å². The number of rotatable bonds is 1. The number of oxime groups is 1. The van der Waals surface area contributed by atoms with Crippen LogP contribution in [-0.2, 0) is 5.41 Å². The lowest BCUT2D eigenvalue weighted by atomic mass is 9.96. The largest absolute Gasteiger partial charge is 0.409 e. The monoisotopic (exact) mass is 203 g/mol. The average molecular weight is 204 g/mol. The number of aromatic nitrogens is 2. The van der Waals surface area contributed by atoms with Crippen LogP contribution in [0.2, 0.25) is 0 Å². The zero-order chi connectivity index (χ0) is 10.1. The van der Waals surface area contributed by atoms with Gasteiger partial charge in [-0.3, -0.25) is 0 Å². The Bertz CT molecular complexity index is 327. The standard InChI is InChI=1S/C7H10ClN3O2/c1-7(2,3)6-9-5(13-11-6)4(8)10-12/h12H,1-3H3/b10-4-. The maximum absolute atomic E-state index is 8.33. The molecule has 13 heavy (non-hydrogen) atoms. The molecule has 0 aliphatic heterocycles.